The number of thiazole rings is 2. The molecule has 0 aliphatic carbocycles. The van der Waals surface area contributed by atoms with Crippen molar-refractivity contribution in [2.45, 2.75) is 6.54 Å². The van der Waals surface area contributed by atoms with Crippen LogP contribution in [0.3, 0.4) is 0 Å². The molecule has 4 heterocycles. The van der Waals surface area contributed by atoms with Gasteiger partial charge in [-0.1, -0.05) is 6.07 Å². The molecule has 0 saturated carbocycles. The molecule has 4 rings (SSSR count). The predicted octanol–water partition coefficient (Wildman–Crippen LogP) is 3.65. The number of thiophene rings is 1. The average Bonchev–Trinajstić information content (AvgIpc) is 3.30. The van der Waals surface area contributed by atoms with E-state index in [4.69, 9.17) is 4.98 Å². The fourth-order valence-electron chi connectivity index (χ4n) is 2.59. The molecule has 3 aromatic rings. The Morgan fingerprint density at radius 3 is 2.68 bits per heavy atom. The number of nitrogens with zero attached hydrogens (tertiary/aromatic N) is 4. The van der Waals surface area contributed by atoms with Gasteiger partial charge in [0.1, 0.15) is 5.01 Å². The van der Waals surface area contributed by atoms with E-state index in [0.717, 1.165) is 42.9 Å². The lowest BCUT2D eigenvalue weighted by Crippen LogP contribution is -2.45. The number of aromatic nitrogens is 2. The van der Waals surface area contributed by atoms with Gasteiger partial charge in [0.2, 0.25) is 0 Å². The molecular weight excluding hydrogens is 332 g/mol. The Balaban J connectivity index is 1.35. The van der Waals surface area contributed by atoms with Gasteiger partial charge in [-0.2, -0.15) is 0 Å². The van der Waals surface area contributed by atoms with Gasteiger partial charge < -0.3 is 4.90 Å². The van der Waals surface area contributed by atoms with Crippen molar-refractivity contribution in [1.82, 2.24) is 14.9 Å². The molecule has 0 radical (unpaired) electrons. The Labute approximate surface area is 141 Å². The molecule has 1 fully saturated rings. The molecule has 0 aromatic carbocycles. The van der Waals surface area contributed by atoms with Crippen molar-refractivity contribution in [3.05, 3.63) is 40.2 Å². The fourth-order valence-corrected chi connectivity index (χ4v) is 4.91. The SMILES string of the molecule is c1csc(-c2nc(CN3CCN(c4nccs4)CC3)cs2)c1. The van der Waals surface area contributed by atoms with Crippen molar-refractivity contribution in [1.29, 1.82) is 0 Å². The molecule has 7 heteroatoms. The van der Waals surface area contributed by atoms with Crippen LogP contribution < -0.4 is 4.90 Å². The van der Waals surface area contributed by atoms with Crippen molar-refractivity contribution in [2.24, 2.45) is 0 Å². The molecule has 0 atom stereocenters. The maximum absolute atomic E-state index is 4.78. The normalized spacial score (nSPS) is 16.3. The summed E-state index contributed by atoms with van der Waals surface area (Å²) in [6, 6.07) is 4.22. The third-order valence-electron chi connectivity index (χ3n) is 3.73. The van der Waals surface area contributed by atoms with Gasteiger partial charge in [-0.25, -0.2) is 9.97 Å². The summed E-state index contributed by atoms with van der Waals surface area (Å²) in [5.74, 6) is 0. The van der Waals surface area contributed by atoms with Crippen LogP contribution in [0.4, 0.5) is 5.13 Å². The molecule has 0 N–H and O–H groups in total. The van der Waals surface area contributed by atoms with Gasteiger partial charge in [0.05, 0.1) is 10.6 Å². The van der Waals surface area contributed by atoms with Gasteiger partial charge in [0.25, 0.3) is 0 Å². The molecule has 22 heavy (non-hydrogen) atoms. The summed E-state index contributed by atoms with van der Waals surface area (Å²) in [5, 5.41) is 8.64. The summed E-state index contributed by atoms with van der Waals surface area (Å²) in [6.07, 6.45) is 1.88. The van der Waals surface area contributed by atoms with E-state index in [-0.39, 0.29) is 0 Å². The van der Waals surface area contributed by atoms with Crippen LogP contribution in [0.2, 0.25) is 0 Å². The second-order valence-electron chi connectivity index (χ2n) is 5.20. The lowest BCUT2D eigenvalue weighted by molar-refractivity contribution is 0.247. The van der Waals surface area contributed by atoms with Crippen LogP contribution in [0, 0.1) is 0 Å². The highest BCUT2D eigenvalue weighted by Gasteiger charge is 2.19. The average molecular weight is 349 g/mol. The Bertz CT molecular complexity index is 697. The zero-order valence-corrected chi connectivity index (χ0v) is 14.5. The topological polar surface area (TPSA) is 32.3 Å². The lowest BCUT2D eigenvalue weighted by atomic mass is 10.3. The molecule has 1 aliphatic rings. The van der Waals surface area contributed by atoms with Crippen molar-refractivity contribution in [3.63, 3.8) is 0 Å². The smallest absolute Gasteiger partial charge is 0.185 e. The van der Waals surface area contributed by atoms with Gasteiger partial charge in [-0.15, -0.1) is 34.0 Å². The van der Waals surface area contributed by atoms with Crippen molar-refractivity contribution < 1.29 is 0 Å². The van der Waals surface area contributed by atoms with E-state index in [2.05, 4.69) is 37.7 Å². The fraction of sp³-hybridized carbons (Fsp3) is 0.333. The monoisotopic (exact) mass is 348 g/mol. The standard InChI is InChI=1S/C15H16N4S3/c1-2-13(20-8-1)14-17-12(11-22-14)10-18-4-6-19(7-5-18)15-16-3-9-21-15/h1-3,8-9,11H,4-7,10H2. The van der Waals surface area contributed by atoms with Gasteiger partial charge >= 0.3 is 0 Å². The second kappa shape index (κ2) is 6.45. The van der Waals surface area contributed by atoms with Crippen LogP contribution >= 0.6 is 34.0 Å². The summed E-state index contributed by atoms with van der Waals surface area (Å²) in [4.78, 5) is 15.3. The van der Waals surface area contributed by atoms with Crippen LogP contribution in [-0.4, -0.2) is 41.0 Å². The Morgan fingerprint density at radius 1 is 1.05 bits per heavy atom. The van der Waals surface area contributed by atoms with E-state index in [1.54, 1.807) is 34.0 Å². The maximum atomic E-state index is 4.78. The Hall–Kier alpha value is -1.28. The van der Waals surface area contributed by atoms with Crippen LogP contribution in [0.15, 0.2) is 34.5 Å². The highest BCUT2D eigenvalue weighted by Crippen LogP contribution is 2.28. The molecule has 4 nitrogen and oxygen atoms in total. The molecule has 3 aromatic heterocycles. The molecule has 0 amide bonds. The van der Waals surface area contributed by atoms with Crippen molar-refractivity contribution in [2.75, 3.05) is 31.1 Å². The molecular formula is C15H16N4S3. The first-order valence-electron chi connectivity index (χ1n) is 7.23. The minimum atomic E-state index is 0.952. The van der Waals surface area contributed by atoms with E-state index in [9.17, 15) is 0 Å². The zero-order chi connectivity index (χ0) is 14.8. The van der Waals surface area contributed by atoms with E-state index < -0.39 is 0 Å². The van der Waals surface area contributed by atoms with Gasteiger partial charge in [0.15, 0.2) is 5.13 Å². The van der Waals surface area contributed by atoms with E-state index in [1.807, 2.05) is 11.6 Å². The molecule has 0 spiro atoms. The second-order valence-corrected chi connectivity index (χ2v) is 7.88. The zero-order valence-electron chi connectivity index (χ0n) is 12.0. The van der Waals surface area contributed by atoms with Gasteiger partial charge in [0, 0.05) is 49.7 Å². The van der Waals surface area contributed by atoms with Gasteiger partial charge in [-0.05, 0) is 11.4 Å². The number of hydrogen-bond donors (Lipinski definition) is 0. The van der Waals surface area contributed by atoms with E-state index >= 15 is 0 Å². The number of hydrogen-bond acceptors (Lipinski definition) is 7. The van der Waals surface area contributed by atoms with Crippen LogP contribution in [-0.2, 0) is 6.54 Å². The Morgan fingerprint density at radius 2 is 1.95 bits per heavy atom. The molecule has 1 aliphatic heterocycles. The van der Waals surface area contributed by atoms with Crippen LogP contribution in [0.25, 0.3) is 9.88 Å². The predicted molar refractivity (Wildman–Crippen MR) is 95.0 cm³/mol. The summed E-state index contributed by atoms with van der Waals surface area (Å²) < 4.78 is 0. The number of rotatable bonds is 4. The van der Waals surface area contributed by atoms with E-state index in [1.165, 1.54) is 10.6 Å². The first kappa shape index (κ1) is 14.3. The largest absolute Gasteiger partial charge is 0.346 e. The summed E-state index contributed by atoms with van der Waals surface area (Å²) in [6.45, 7) is 5.20. The van der Waals surface area contributed by atoms with E-state index in [0.29, 0.717) is 0 Å². The van der Waals surface area contributed by atoms with Crippen molar-refractivity contribution >= 4 is 39.1 Å². The third kappa shape index (κ3) is 3.08. The van der Waals surface area contributed by atoms with Crippen LogP contribution in [0.1, 0.15) is 5.69 Å². The van der Waals surface area contributed by atoms with Crippen LogP contribution in [0.5, 0.6) is 0 Å². The molecule has 0 unspecified atom stereocenters. The lowest BCUT2D eigenvalue weighted by Gasteiger charge is -2.34. The summed E-state index contributed by atoms with van der Waals surface area (Å²) >= 11 is 5.23. The molecule has 0 bridgehead atoms. The first-order chi connectivity index (χ1) is 10.9. The summed E-state index contributed by atoms with van der Waals surface area (Å²) in [5.41, 5.74) is 1.19. The first-order valence-corrected chi connectivity index (χ1v) is 9.87. The third-order valence-corrected chi connectivity index (χ3v) is 6.49. The van der Waals surface area contributed by atoms with Crippen molar-refractivity contribution in [3.8, 4) is 9.88 Å². The minimum absolute atomic E-state index is 0.952. The molecule has 114 valence electrons. The number of piperazine rings is 1. The summed E-state index contributed by atoms with van der Waals surface area (Å²) in [7, 11) is 0. The molecule has 1 saturated heterocycles. The quantitative estimate of drug-likeness (QED) is 0.720. The highest BCUT2D eigenvalue weighted by atomic mass is 32.1. The Kier molecular flexibility index (Phi) is 4.20. The van der Waals surface area contributed by atoms with Gasteiger partial charge in [-0.3, -0.25) is 4.90 Å². The highest BCUT2D eigenvalue weighted by molar-refractivity contribution is 7.20. The minimum Gasteiger partial charge on any atom is -0.346 e. The maximum Gasteiger partial charge on any atom is 0.185 e. The number of anilines is 1.